The number of likely N-dealkylation sites (N-methyl/N-ethyl adjacent to an activating group) is 1. The molecule has 1 saturated heterocycles. The molecule has 6 heteroatoms. The minimum Gasteiger partial charge on any atom is -0.339 e. The Balaban J connectivity index is 2.21. The van der Waals surface area contributed by atoms with Crippen LogP contribution in [0.3, 0.4) is 0 Å². The Morgan fingerprint density at radius 3 is 2.48 bits per heavy atom. The predicted molar refractivity (Wildman–Crippen MR) is 83.8 cm³/mol. The summed E-state index contributed by atoms with van der Waals surface area (Å²) in [7, 11) is 1.71. The van der Waals surface area contributed by atoms with E-state index in [0.717, 1.165) is 32.0 Å². The quantitative estimate of drug-likeness (QED) is 0.864. The molecule has 1 aliphatic rings. The normalized spacial score (nSPS) is 17.2. The third-order valence-corrected chi connectivity index (χ3v) is 4.20. The van der Waals surface area contributed by atoms with Crippen molar-refractivity contribution in [3.8, 4) is 0 Å². The second-order valence-electron chi connectivity index (χ2n) is 5.80. The predicted octanol–water partition coefficient (Wildman–Crippen LogP) is 3.32. The van der Waals surface area contributed by atoms with Crippen molar-refractivity contribution in [2.45, 2.75) is 32.0 Å². The minimum atomic E-state index is -4.43. The number of halogens is 3. The van der Waals surface area contributed by atoms with Crippen LogP contribution in [0.4, 0.5) is 13.2 Å². The molecule has 0 saturated carbocycles. The van der Waals surface area contributed by atoms with Crippen molar-refractivity contribution in [1.82, 2.24) is 10.2 Å². The molecule has 0 radical (unpaired) electrons. The standard InChI is InChI=1S/C17H21F3N2O/c1-12(14-5-3-4-6-15(14)17(18,19)20)11-16(23)22(2)13-7-9-21-10-8-13/h3-6,11,13,21H,7-10H2,1-2H3/b12-11-. The first-order valence-corrected chi connectivity index (χ1v) is 7.63. The number of rotatable bonds is 3. The van der Waals surface area contributed by atoms with Crippen LogP contribution in [-0.4, -0.2) is 37.0 Å². The van der Waals surface area contributed by atoms with Crippen molar-refractivity contribution >= 4 is 11.5 Å². The lowest BCUT2D eigenvalue weighted by atomic mass is 9.99. The van der Waals surface area contributed by atoms with E-state index < -0.39 is 11.7 Å². The monoisotopic (exact) mass is 326 g/mol. The first-order valence-electron chi connectivity index (χ1n) is 7.63. The lowest BCUT2D eigenvalue weighted by Crippen LogP contribution is -2.43. The Hall–Kier alpha value is -1.82. The second-order valence-corrected chi connectivity index (χ2v) is 5.80. The lowest BCUT2D eigenvalue weighted by Gasteiger charge is -2.31. The highest BCUT2D eigenvalue weighted by atomic mass is 19.4. The zero-order valence-corrected chi connectivity index (χ0v) is 13.3. The van der Waals surface area contributed by atoms with Crippen LogP contribution in [0.5, 0.6) is 0 Å². The third-order valence-electron chi connectivity index (χ3n) is 4.20. The van der Waals surface area contributed by atoms with Crippen molar-refractivity contribution in [3.63, 3.8) is 0 Å². The molecule has 1 N–H and O–H groups in total. The van der Waals surface area contributed by atoms with E-state index in [0.29, 0.717) is 5.57 Å². The molecule has 0 aliphatic carbocycles. The van der Waals surface area contributed by atoms with E-state index in [1.807, 2.05) is 0 Å². The number of benzene rings is 1. The van der Waals surface area contributed by atoms with Gasteiger partial charge in [-0.2, -0.15) is 13.2 Å². The van der Waals surface area contributed by atoms with Gasteiger partial charge in [-0.15, -0.1) is 0 Å². The maximum absolute atomic E-state index is 13.1. The fourth-order valence-corrected chi connectivity index (χ4v) is 2.81. The number of nitrogens with one attached hydrogen (secondary N) is 1. The second kappa shape index (κ2) is 7.17. The molecule has 1 aromatic rings. The summed E-state index contributed by atoms with van der Waals surface area (Å²) in [6.07, 6.45) is -1.43. The number of allylic oxidation sites excluding steroid dienone is 1. The number of amides is 1. The van der Waals surface area contributed by atoms with Gasteiger partial charge in [0.05, 0.1) is 5.56 Å². The summed E-state index contributed by atoms with van der Waals surface area (Å²) in [5.41, 5.74) is -0.346. The van der Waals surface area contributed by atoms with Crippen LogP contribution in [0.15, 0.2) is 30.3 Å². The molecule has 1 amide bonds. The van der Waals surface area contributed by atoms with Gasteiger partial charge in [-0.05, 0) is 50.1 Å². The molecule has 0 atom stereocenters. The van der Waals surface area contributed by atoms with E-state index in [-0.39, 0.29) is 17.5 Å². The number of nitrogens with zero attached hydrogens (tertiary/aromatic N) is 1. The number of carbonyl (C=O) groups is 1. The molecule has 0 spiro atoms. The molecule has 1 heterocycles. The zero-order chi connectivity index (χ0) is 17.0. The lowest BCUT2D eigenvalue weighted by molar-refractivity contribution is -0.137. The fourth-order valence-electron chi connectivity index (χ4n) is 2.81. The molecule has 0 unspecified atom stereocenters. The van der Waals surface area contributed by atoms with Crippen LogP contribution in [0.25, 0.3) is 5.57 Å². The molecule has 1 fully saturated rings. The average Bonchev–Trinajstić information content (AvgIpc) is 2.54. The first kappa shape index (κ1) is 17.5. The van der Waals surface area contributed by atoms with Crippen LogP contribution in [-0.2, 0) is 11.0 Å². The Bertz CT molecular complexity index is 590. The van der Waals surface area contributed by atoms with Gasteiger partial charge in [-0.25, -0.2) is 0 Å². The zero-order valence-electron chi connectivity index (χ0n) is 13.3. The Morgan fingerprint density at radius 2 is 1.87 bits per heavy atom. The number of hydrogen-bond acceptors (Lipinski definition) is 2. The first-order chi connectivity index (χ1) is 10.8. The van der Waals surface area contributed by atoms with Gasteiger partial charge >= 0.3 is 6.18 Å². The highest BCUT2D eigenvalue weighted by Crippen LogP contribution is 2.34. The SMILES string of the molecule is C/C(=C/C(=O)N(C)C1CCNCC1)c1ccccc1C(F)(F)F. The largest absolute Gasteiger partial charge is 0.416 e. The number of carbonyl (C=O) groups excluding carboxylic acids is 1. The average molecular weight is 326 g/mol. The summed E-state index contributed by atoms with van der Waals surface area (Å²) in [4.78, 5) is 14.0. The Morgan fingerprint density at radius 1 is 1.26 bits per heavy atom. The van der Waals surface area contributed by atoms with Gasteiger partial charge in [0.15, 0.2) is 0 Å². The molecule has 126 valence electrons. The smallest absolute Gasteiger partial charge is 0.339 e. The molecular weight excluding hydrogens is 305 g/mol. The summed E-state index contributed by atoms with van der Waals surface area (Å²) in [6, 6.07) is 5.46. The highest BCUT2D eigenvalue weighted by Gasteiger charge is 2.33. The Labute approximate surface area is 134 Å². The van der Waals surface area contributed by atoms with Crippen molar-refractivity contribution in [2.75, 3.05) is 20.1 Å². The summed E-state index contributed by atoms with van der Waals surface area (Å²) >= 11 is 0. The molecule has 1 aliphatic heterocycles. The van der Waals surface area contributed by atoms with Gasteiger partial charge in [-0.1, -0.05) is 18.2 Å². The van der Waals surface area contributed by atoms with Crippen molar-refractivity contribution in [3.05, 3.63) is 41.5 Å². The molecule has 3 nitrogen and oxygen atoms in total. The minimum absolute atomic E-state index is 0.0482. The van der Waals surface area contributed by atoms with Crippen LogP contribution in [0.2, 0.25) is 0 Å². The van der Waals surface area contributed by atoms with E-state index in [1.165, 1.54) is 18.2 Å². The third kappa shape index (κ3) is 4.34. The summed E-state index contributed by atoms with van der Waals surface area (Å²) in [5, 5.41) is 3.22. The number of alkyl halides is 3. The number of hydrogen-bond donors (Lipinski definition) is 1. The van der Waals surface area contributed by atoms with Gasteiger partial charge in [0.2, 0.25) is 5.91 Å². The number of piperidine rings is 1. The van der Waals surface area contributed by atoms with E-state index in [2.05, 4.69) is 5.32 Å². The van der Waals surface area contributed by atoms with Gasteiger partial charge in [0, 0.05) is 19.2 Å². The van der Waals surface area contributed by atoms with E-state index in [4.69, 9.17) is 0 Å². The van der Waals surface area contributed by atoms with Crippen molar-refractivity contribution < 1.29 is 18.0 Å². The van der Waals surface area contributed by atoms with E-state index in [1.54, 1.807) is 24.9 Å². The van der Waals surface area contributed by atoms with Crippen LogP contribution in [0, 0.1) is 0 Å². The summed E-state index contributed by atoms with van der Waals surface area (Å²) < 4.78 is 39.2. The van der Waals surface area contributed by atoms with Gasteiger partial charge in [0.1, 0.15) is 0 Å². The van der Waals surface area contributed by atoms with Crippen LogP contribution in [0.1, 0.15) is 30.9 Å². The van der Waals surface area contributed by atoms with Crippen molar-refractivity contribution in [2.24, 2.45) is 0 Å². The van der Waals surface area contributed by atoms with E-state index in [9.17, 15) is 18.0 Å². The topological polar surface area (TPSA) is 32.3 Å². The van der Waals surface area contributed by atoms with Gasteiger partial charge in [0.25, 0.3) is 0 Å². The maximum atomic E-state index is 13.1. The molecule has 23 heavy (non-hydrogen) atoms. The van der Waals surface area contributed by atoms with Crippen LogP contribution >= 0.6 is 0 Å². The van der Waals surface area contributed by atoms with Gasteiger partial charge in [-0.3, -0.25) is 4.79 Å². The maximum Gasteiger partial charge on any atom is 0.416 e. The highest BCUT2D eigenvalue weighted by molar-refractivity contribution is 5.95. The fraction of sp³-hybridized carbons (Fsp3) is 0.471. The molecular formula is C17H21F3N2O. The summed E-state index contributed by atoms with van der Waals surface area (Å²) in [5.74, 6) is -0.258. The van der Waals surface area contributed by atoms with Gasteiger partial charge < -0.3 is 10.2 Å². The molecule has 0 aromatic heterocycles. The molecule has 0 bridgehead atoms. The summed E-state index contributed by atoms with van der Waals surface area (Å²) in [6.45, 7) is 3.24. The van der Waals surface area contributed by atoms with Crippen LogP contribution < -0.4 is 5.32 Å². The van der Waals surface area contributed by atoms with E-state index >= 15 is 0 Å². The molecule has 1 aromatic carbocycles. The van der Waals surface area contributed by atoms with Crippen molar-refractivity contribution in [1.29, 1.82) is 0 Å². The Kier molecular flexibility index (Phi) is 5.46. The molecule has 2 rings (SSSR count).